The summed E-state index contributed by atoms with van der Waals surface area (Å²) >= 11 is 0. The van der Waals surface area contributed by atoms with Crippen LogP contribution in [0.4, 0.5) is 23.7 Å². The Morgan fingerprint density at radius 2 is 2.20 bits per heavy atom. The summed E-state index contributed by atoms with van der Waals surface area (Å²) in [6.07, 6.45) is -2.46. The second-order valence-corrected chi connectivity index (χ2v) is 6.38. The van der Waals surface area contributed by atoms with Gasteiger partial charge in [0, 0.05) is 25.3 Å². The number of hydrogen-bond acceptors (Lipinski definition) is 4. The van der Waals surface area contributed by atoms with Crippen LogP contribution in [0.2, 0.25) is 0 Å². The van der Waals surface area contributed by atoms with Crippen LogP contribution in [0.15, 0.2) is 41.0 Å². The zero-order valence-electron chi connectivity index (χ0n) is 16.2. The van der Waals surface area contributed by atoms with Crippen molar-refractivity contribution in [2.75, 3.05) is 24.5 Å². The van der Waals surface area contributed by atoms with E-state index in [9.17, 15) is 28.0 Å². The van der Waals surface area contributed by atoms with E-state index in [0.29, 0.717) is 19.4 Å². The lowest BCUT2D eigenvalue weighted by Gasteiger charge is -2.23. The molecule has 2 rings (SSSR count). The maximum absolute atomic E-state index is 13.1. The van der Waals surface area contributed by atoms with Gasteiger partial charge in [-0.1, -0.05) is 19.4 Å². The molecule has 0 spiro atoms. The Balaban J connectivity index is 2.35. The number of urea groups is 1. The van der Waals surface area contributed by atoms with Gasteiger partial charge in [-0.25, -0.2) is 9.79 Å². The molecule has 0 atom stereocenters. The second-order valence-electron chi connectivity index (χ2n) is 6.38. The average Bonchev–Trinajstić information content (AvgIpc) is 3.14. The molecule has 1 saturated heterocycles. The normalized spacial score (nSPS) is 15.0. The van der Waals surface area contributed by atoms with Crippen molar-refractivity contribution in [3.63, 3.8) is 0 Å². The van der Waals surface area contributed by atoms with E-state index in [-0.39, 0.29) is 24.7 Å². The molecular formula is C19H21F3N6O2. The van der Waals surface area contributed by atoms with Crippen LogP contribution in [0.3, 0.4) is 0 Å². The lowest BCUT2D eigenvalue weighted by Crippen LogP contribution is -2.39. The predicted molar refractivity (Wildman–Crippen MR) is 104 cm³/mol. The summed E-state index contributed by atoms with van der Waals surface area (Å²) in [5, 5.41) is 11.9. The Bertz CT molecular complexity index is 904. The minimum Gasteiger partial charge on any atom is -0.369 e. The van der Waals surface area contributed by atoms with Crippen LogP contribution in [-0.4, -0.2) is 42.4 Å². The molecular weight excluding hydrogens is 401 g/mol. The molecule has 160 valence electrons. The highest BCUT2D eigenvalue weighted by Crippen LogP contribution is 2.32. The molecule has 0 radical (unpaired) electrons. The number of hydrogen-bond donors (Lipinski definition) is 2. The van der Waals surface area contributed by atoms with Gasteiger partial charge in [0.1, 0.15) is 11.6 Å². The predicted octanol–water partition coefficient (Wildman–Crippen LogP) is 2.59. The molecule has 8 nitrogen and oxygen atoms in total. The summed E-state index contributed by atoms with van der Waals surface area (Å²) in [6.45, 7) is 2.64. The van der Waals surface area contributed by atoms with Gasteiger partial charge in [-0.3, -0.25) is 9.69 Å². The van der Waals surface area contributed by atoms with Crippen molar-refractivity contribution < 1.29 is 22.8 Å². The number of guanidine groups is 1. The first kappa shape index (κ1) is 22.7. The Morgan fingerprint density at radius 3 is 2.77 bits per heavy atom. The molecule has 3 amide bonds. The topological polar surface area (TPSA) is 115 Å². The van der Waals surface area contributed by atoms with E-state index in [0.717, 1.165) is 28.1 Å². The quantitative estimate of drug-likeness (QED) is 0.317. The summed E-state index contributed by atoms with van der Waals surface area (Å²) in [7, 11) is 0. The molecule has 11 heteroatoms. The van der Waals surface area contributed by atoms with Gasteiger partial charge in [-0.05, 0) is 24.6 Å². The van der Waals surface area contributed by atoms with Crippen molar-refractivity contribution in [3.8, 4) is 6.07 Å². The lowest BCUT2D eigenvalue weighted by atomic mass is 10.1. The van der Waals surface area contributed by atoms with Gasteiger partial charge in [-0.15, -0.1) is 0 Å². The fourth-order valence-corrected chi connectivity index (χ4v) is 2.68. The van der Waals surface area contributed by atoms with Crippen LogP contribution in [0.1, 0.15) is 25.3 Å². The van der Waals surface area contributed by atoms with Crippen LogP contribution >= 0.6 is 0 Å². The molecule has 0 saturated carbocycles. The summed E-state index contributed by atoms with van der Waals surface area (Å²) < 4.78 is 39.2. The largest absolute Gasteiger partial charge is 0.416 e. The minimum absolute atomic E-state index is 0.0142. The average molecular weight is 422 g/mol. The number of carbonyl (C=O) groups is 2. The van der Waals surface area contributed by atoms with Crippen LogP contribution in [0.25, 0.3) is 0 Å². The molecule has 0 bridgehead atoms. The number of carbonyl (C=O) groups excluding carboxylic acids is 2. The van der Waals surface area contributed by atoms with Crippen molar-refractivity contribution in [1.82, 2.24) is 10.2 Å². The smallest absolute Gasteiger partial charge is 0.369 e. The Labute approximate surface area is 171 Å². The van der Waals surface area contributed by atoms with Crippen molar-refractivity contribution in [2.24, 2.45) is 10.7 Å². The molecule has 3 N–H and O–H groups in total. The number of nitrogens with two attached hydrogens (primary N) is 1. The third-order valence-corrected chi connectivity index (χ3v) is 4.28. The highest BCUT2D eigenvalue weighted by Gasteiger charge is 2.31. The van der Waals surface area contributed by atoms with Crippen LogP contribution < -0.4 is 16.0 Å². The van der Waals surface area contributed by atoms with E-state index < -0.39 is 29.3 Å². The molecule has 0 aromatic heterocycles. The van der Waals surface area contributed by atoms with E-state index in [1.807, 2.05) is 6.92 Å². The van der Waals surface area contributed by atoms with E-state index >= 15 is 0 Å². The monoisotopic (exact) mass is 422 g/mol. The number of anilines is 1. The summed E-state index contributed by atoms with van der Waals surface area (Å²) in [4.78, 5) is 30.5. The molecule has 0 unspecified atom stereocenters. The first-order chi connectivity index (χ1) is 14.2. The molecule has 30 heavy (non-hydrogen) atoms. The van der Waals surface area contributed by atoms with Gasteiger partial charge >= 0.3 is 12.2 Å². The highest BCUT2D eigenvalue weighted by atomic mass is 19.4. The van der Waals surface area contributed by atoms with E-state index in [1.165, 1.54) is 12.1 Å². The maximum Gasteiger partial charge on any atom is 0.416 e. The molecule has 1 fully saturated rings. The van der Waals surface area contributed by atoms with Gasteiger partial charge < -0.3 is 16.0 Å². The molecule has 1 aromatic rings. The summed E-state index contributed by atoms with van der Waals surface area (Å²) in [5.74, 6) is -1.02. The van der Waals surface area contributed by atoms with E-state index in [2.05, 4.69) is 10.3 Å². The number of rotatable bonds is 6. The Hall–Kier alpha value is -3.55. The fraction of sp³-hybridized carbons (Fsp3) is 0.368. The zero-order valence-corrected chi connectivity index (χ0v) is 16.2. The van der Waals surface area contributed by atoms with Gasteiger partial charge in [0.05, 0.1) is 11.8 Å². The van der Waals surface area contributed by atoms with Crippen molar-refractivity contribution in [2.45, 2.75) is 25.9 Å². The molecule has 1 aliphatic heterocycles. The van der Waals surface area contributed by atoms with Crippen molar-refractivity contribution in [3.05, 3.63) is 41.6 Å². The van der Waals surface area contributed by atoms with Gasteiger partial charge in [-0.2, -0.15) is 18.4 Å². The molecule has 1 aromatic carbocycles. The standard InChI is InChI=1S/C19H21F3N6O2/c1-2-3-8-27(15-6-4-5-14(10-15)19(20,21)22)16(29)13(11-23)12-26-17(24)28-9-7-25-18(28)30/h4-6,10,12H,2-3,7-9H2,1H3,(H2,24,26)(H,25,30)/b13-12+. The number of nitriles is 1. The number of aliphatic imine (C=N–C) groups is 1. The number of amides is 3. The first-order valence-corrected chi connectivity index (χ1v) is 9.17. The molecule has 1 aliphatic rings. The lowest BCUT2D eigenvalue weighted by molar-refractivity contribution is -0.137. The zero-order chi connectivity index (χ0) is 22.3. The van der Waals surface area contributed by atoms with Crippen LogP contribution in [0, 0.1) is 11.3 Å². The highest BCUT2D eigenvalue weighted by molar-refractivity contribution is 6.08. The summed E-state index contributed by atoms with van der Waals surface area (Å²) in [5.41, 5.74) is 4.40. The van der Waals surface area contributed by atoms with Crippen LogP contribution in [0.5, 0.6) is 0 Å². The molecule has 0 aliphatic carbocycles. The number of benzene rings is 1. The number of halogens is 3. The number of nitrogens with zero attached hydrogens (tertiary/aromatic N) is 4. The van der Waals surface area contributed by atoms with Crippen molar-refractivity contribution >= 4 is 23.6 Å². The van der Waals surface area contributed by atoms with Crippen LogP contribution in [-0.2, 0) is 11.0 Å². The number of unbranched alkanes of at least 4 members (excludes halogenated alkanes) is 1. The summed E-state index contributed by atoms with van der Waals surface area (Å²) in [6, 6.07) is 5.56. The minimum atomic E-state index is -4.57. The molecule has 1 heterocycles. The second kappa shape index (κ2) is 9.78. The van der Waals surface area contributed by atoms with Gasteiger partial charge in [0.25, 0.3) is 5.91 Å². The SMILES string of the molecule is CCCCN(C(=O)/C(C#N)=C/N=C(N)N1CCNC1=O)c1cccc(C(F)(F)F)c1. The fourth-order valence-electron chi connectivity index (χ4n) is 2.68. The Kier molecular flexibility index (Phi) is 7.41. The van der Waals surface area contributed by atoms with Gasteiger partial charge in [0.2, 0.25) is 5.96 Å². The van der Waals surface area contributed by atoms with E-state index in [1.54, 1.807) is 6.07 Å². The number of alkyl halides is 3. The van der Waals surface area contributed by atoms with E-state index in [4.69, 9.17) is 5.73 Å². The Morgan fingerprint density at radius 1 is 1.47 bits per heavy atom. The maximum atomic E-state index is 13.1. The first-order valence-electron chi connectivity index (χ1n) is 9.17. The number of nitrogens with one attached hydrogen (secondary N) is 1. The third-order valence-electron chi connectivity index (χ3n) is 4.28. The third kappa shape index (κ3) is 5.50. The van der Waals surface area contributed by atoms with Crippen molar-refractivity contribution in [1.29, 1.82) is 5.26 Å². The van der Waals surface area contributed by atoms with Gasteiger partial charge in [0.15, 0.2) is 0 Å².